The Morgan fingerprint density at radius 3 is 2.08 bits per heavy atom. The van der Waals surface area contributed by atoms with Crippen molar-refractivity contribution in [2.75, 3.05) is 26.2 Å². The van der Waals surface area contributed by atoms with Gasteiger partial charge in [-0.15, -0.1) is 0 Å². The first kappa shape index (κ1) is 19.7. The van der Waals surface area contributed by atoms with Gasteiger partial charge in [0.2, 0.25) is 0 Å². The van der Waals surface area contributed by atoms with Gasteiger partial charge in [-0.1, -0.05) is 42.6 Å². The molecule has 0 atom stereocenters. The van der Waals surface area contributed by atoms with E-state index in [1.165, 1.54) is 57.4 Å². The second kappa shape index (κ2) is 9.75. The van der Waals surface area contributed by atoms with E-state index in [4.69, 9.17) is 31.4 Å². The smallest absolute Gasteiger partial charge is 0.414 e. The zero-order chi connectivity index (χ0) is 18.2. The van der Waals surface area contributed by atoms with Gasteiger partial charge in [-0.2, -0.15) is 0 Å². The summed E-state index contributed by atoms with van der Waals surface area (Å²) in [6, 6.07) is 9.10. The maximum atomic E-state index is 9.10. The van der Waals surface area contributed by atoms with Crippen molar-refractivity contribution in [2.45, 2.75) is 38.3 Å². The first-order valence-electron chi connectivity index (χ1n) is 8.63. The maximum Gasteiger partial charge on any atom is 0.414 e. The minimum atomic E-state index is -1.82. The highest BCUT2D eigenvalue weighted by atomic mass is 35.5. The molecule has 2 fully saturated rings. The van der Waals surface area contributed by atoms with E-state index in [-0.39, 0.29) is 0 Å². The number of nitrogens with zero attached hydrogens (tertiary/aromatic N) is 2. The summed E-state index contributed by atoms with van der Waals surface area (Å²) in [7, 11) is 0. The van der Waals surface area contributed by atoms with Gasteiger partial charge in [-0.3, -0.25) is 9.80 Å². The molecule has 3 rings (SSSR count). The van der Waals surface area contributed by atoms with Crippen LogP contribution >= 0.6 is 11.6 Å². The normalized spacial score (nSPS) is 19.2. The molecule has 0 amide bonds. The average Bonchev–Trinajstić information content (AvgIpc) is 3.13. The van der Waals surface area contributed by atoms with Crippen molar-refractivity contribution in [1.82, 2.24) is 9.80 Å². The SMILES string of the molecule is Clc1ccccc1CN1CCN(C2CCCC2)CC1.O=C(O)C(=O)O. The number of carboxylic acids is 2. The van der Waals surface area contributed by atoms with Crippen LogP contribution < -0.4 is 0 Å². The van der Waals surface area contributed by atoms with Gasteiger partial charge in [0.05, 0.1) is 0 Å². The largest absolute Gasteiger partial charge is 0.473 e. The quantitative estimate of drug-likeness (QED) is 0.798. The van der Waals surface area contributed by atoms with Crippen LogP contribution in [0.4, 0.5) is 0 Å². The Kier molecular flexibility index (Phi) is 7.68. The van der Waals surface area contributed by atoms with Crippen LogP contribution in [0.2, 0.25) is 5.02 Å². The van der Waals surface area contributed by atoms with Crippen molar-refractivity contribution < 1.29 is 19.8 Å². The lowest BCUT2D eigenvalue weighted by Gasteiger charge is -2.38. The number of benzene rings is 1. The van der Waals surface area contributed by atoms with Gasteiger partial charge < -0.3 is 10.2 Å². The Balaban J connectivity index is 0.000000326. The van der Waals surface area contributed by atoms with Crippen molar-refractivity contribution in [3.8, 4) is 0 Å². The molecule has 1 aliphatic heterocycles. The summed E-state index contributed by atoms with van der Waals surface area (Å²) in [5.41, 5.74) is 1.26. The van der Waals surface area contributed by atoms with Crippen LogP contribution in [0.5, 0.6) is 0 Å². The number of carbonyl (C=O) groups is 2. The van der Waals surface area contributed by atoms with Gasteiger partial charge in [0.15, 0.2) is 0 Å². The third-order valence-electron chi connectivity index (χ3n) is 4.78. The van der Waals surface area contributed by atoms with Crippen LogP contribution in [0.1, 0.15) is 31.2 Å². The number of hydrogen-bond donors (Lipinski definition) is 2. The van der Waals surface area contributed by atoms with E-state index in [1.807, 2.05) is 12.1 Å². The average molecular weight is 369 g/mol. The van der Waals surface area contributed by atoms with E-state index in [2.05, 4.69) is 21.9 Å². The minimum Gasteiger partial charge on any atom is -0.473 e. The zero-order valence-corrected chi connectivity index (χ0v) is 15.0. The number of halogens is 1. The minimum absolute atomic E-state index is 0.877. The van der Waals surface area contributed by atoms with Crippen LogP contribution in [-0.2, 0) is 16.1 Å². The summed E-state index contributed by atoms with van der Waals surface area (Å²) in [6.07, 6.45) is 5.71. The topological polar surface area (TPSA) is 81.1 Å². The number of aliphatic carboxylic acids is 2. The molecule has 1 saturated carbocycles. The summed E-state index contributed by atoms with van der Waals surface area (Å²) in [6.45, 7) is 5.83. The highest BCUT2D eigenvalue weighted by Gasteiger charge is 2.26. The van der Waals surface area contributed by atoms with Gasteiger partial charge in [-0.05, 0) is 24.5 Å². The van der Waals surface area contributed by atoms with Gasteiger partial charge in [0, 0.05) is 43.8 Å². The number of hydrogen-bond acceptors (Lipinski definition) is 4. The molecule has 25 heavy (non-hydrogen) atoms. The molecule has 1 aromatic rings. The van der Waals surface area contributed by atoms with Crippen molar-refractivity contribution >= 4 is 23.5 Å². The molecule has 2 N–H and O–H groups in total. The van der Waals surface area contributed by atoms with E-state index < -0.39 is 11.9 Å². The van der Waals surface area contributed by atoms with E-state index in [1.54, 1.807) is 0 Å². The van der Waals surface area contributed by atoms with Crippen molar-refractivity contribution in [3.63, 3.8) is 0 Å². The van der Waals surface area contributed by atoms with Crippen LogP contribution in [0.25, 0.3) is 0 Å². The molecule has 7 heteroatoms. The van der Waals surface area contributed by atoms with Crippen molar-refractivity contribution in [2.24, 2.45) is 0 Å². The van der Waals surface area contributed by atoms with Gasteiger partial charge >= 0.3 is 11.9 Å². The Hall–Kier alpha value is -1.63. The summed E-state index contributed by atoms with van der Waals surface area (Å²) in [4.78, 5) is 23.4. The lowest BCUT2D eigenvalue weighted by molar-refractivity contribution is -0.159. The Bertz CT molecular complexity index is 570. The lowest BCUT2D eigenvalue weighted by Crippen LogP contribution is -2.49. The Labute approximate surface area is 153 Å². The van der Waals surface area contributed by atoms with Crippen LogP contribution in [-0.4, -0.2) is 64.2 Å². The fourth-order valence-electron chi connectivity index (χ4n) is 3.42. The molecule has 138 valence electrons. The van der Waals surface area contributed by atoms with Gasteiger partial charge in [0.1, 0.15) is 0 Å². The first-order chi connectivity index (χ1) is 12.0. The summed E-state index contributed by atoms with van der Waals surface area (Å²) < 4.78 is 0. The van der Waals surface area contributed by atoms with Crippen LogP contribution in [0, 0.1) is 0 Å². The number of rotatable bonds is 3. The molecule has 0 spiro atoms. The molecular weight excluding hydrogens is 344 g/mol. The van der Waals surface area contributed by atoms with Gasteiger partial charge in [-0.25, -0.2) is 9.59 Å². The molecule has 0 unspecified atom stereocenters. The van der Waals surface area contributed by atoms with Crippen LogP contribution in [0.3, 0.4) is 0 Å². The Morgan fingerprint density at radius 1 is 1.00 bits per heavy atom. The van der Waals surface area contributed by atoms with Crippen LogP contribution in [0.15, 0.2) is 24.3 Å². The van der Waals surface area contributed by atoms with Crippen molar-refractivity contribution in [1.29, 1.82) is 0 Å². The second-order valence-electron chi connectivity index (χ2n) is 6.45. The second-order valence-corrected chi connectivity index (χ2v) is 6.86. The standard InChI is InChI=1S/C16H23ClN2.C2H2O4/c17-16-8-4-1-5-14(16)13-18-9-11-19(12-10-18)15-6-2-3-7-15;3-1(4)2(5)6/h1,4-5,8,15H,2-3,6-7,9-13H2;(H,3,4)(H,5,6). The molecule has 1 aromatic carbocycles. The highest BCUT2D eigenvalue weighted by molar-refractivity contribution is 6.31. The van der Waals surface area contributed by atoms with E-state index in [0.29, 0.717) is 0 Å². The molecule has 0 bridgehead atoms. The maximum absolute atomic E-state index is 9.10. The summed E-state index contributed by atoms with van der Waals surface area (Å²) >= 11 is 6.24. The van der Waals surface area contributed by atoms with E-state index >= 15 is 0 Å². The predicted octanol–water partition coefficient (Wildman–Crippen LogP) is 2.56. The summed E-state index contributed by atoms with van der Waals surface area (Å²) in [5, 5.41) is 15.7. The lowest BCUT2D eigenvalue weighted by atomic mass is 10.1. The molecule has 1 heterocycles. The van der Waals surface area contributed by atoms with E-state index in [0.717, 1.165) is 17.6 Å². The van der Waals surface area contributed by atoms with E-state index in [9.17, 15) is 0 Å². The molecule has 1 aliphatic carbocycles. The summed E-state index contributed by atoms with van der Waals surface area (Å²) in [5.74, 6) is -3.65. The molecule has 0 radical (unpaired) electrons. The van der Waals surface area contributed by atoms with Gasteiger partial charge in [0.25, 0.3) is 0 Å². The number of piperazine rings is 1. The third kappa shape index (κ3) is 6.30. The fraction of sp³-hybridized carbons (Fsp3) is 0.556. The molecule has 6 nitrogen and oxygen atoms in total. The monoisotopic (exact) mass is 368 g/mol. The van der Waals surface area contributed by atoms with Crippen molar-refractivity contribution in [3.05, 3.63) is 34.9 Å². The Morgan fingerprint density at radius 2 is 1.56 bits per heavy atom. The third-order valence-corrected chi connectivity index (χ3v) is 5.15. The molecule has 2 aliphatic rings. The molecule has 0 aromatic heterocycles. The zero-order valence-electron chi connectivity index (χ0n) is 14.2. The fourth-order valence-corrected chi connectivity index (χ4v) is 3.62. The number of carboxylic acid groups (broad SMARTS) is 2. The highest BCUT2D eigenvalue weighted by Crippen LogP contribution is 2.25. The molecule has 1 saturated heterocycles. The predicted molar refractivity (Wildman–Crippen MR) is 95.8 cm³/mol. The first-order valence-corrected chi connectivity index (χ1v) is 9.01. The molecular formula is C18H25ClN2O4.